The van der Waals surface area contributed by atoms with Gasteiger partial charge >= 0.3 is 6.09 Å². The largest absolute Gasteiger partial charge is 0.445 e. The molecule has 2 unspecified atom stereocenters. The minimum atomic E-state index is -3.05. The number of hydrogen-bond acceptors (Lipinski definition) is 4. The van der Waals surface area contributed by atoms with Crippen LogP contribution in [0.3, 0.4) is 0 Å². The maximum Gasteiger partial charge on any atom is 0.408 e. The smallest absolute Gasteiger partial charge is 0.408 e. The Morgan fingerprint density at radius 2 is 1.63 bits per heavy atom. The molecule has 0 aliphatic carbocycles. The normalized spacial score (nSPS) is 14.0. The lowest BCUT2D eigenvalue weighted by atomic mass is 10.1. The molecule has 27 heavy (non-hydrogen) atoms. The molecule has 0 bridgehead atoms. The van der Waals surface area contributed by atoms with Crippen molar-refractivity contribution in [1.29, 1.82) is 0 Å². The summed E-state index contributed by atoms with van der Waals surface area (Å²) in [6.45, 7) is 0.111. The van der Waals surface area contributed by atoms with E-state index >= 15 is 0 Å². The van der Waals surface area contributed by atoms with Crippen LogP contribution in [0.5, 0.6) is 0 Å². The maximum atomic E-state index is 12.2. The summed E-state index contributed by atoms with van der Waals surface area (Å²) in [5.41, 5.74) is 6.94. The van der Waals surface area contributed by atoms with Gasteiger partial charge in [0.1, 0.15) is 6.61 Å². The fraction of sp³-hybridized carbons (Fsp3) is 0.263. The van der Waals surface area contributed by atoms with Crippen molar-refractivity contribution in [3.8, 4) is 0 Å². The van der Waals surface area contributed by atoms with Crippen LogP contribution in [0.25, 0.3) is 0 Å². The zero-order chi connectivity index (χ0) is 19.7. The highest BCUT2D eigenvalue weighted by molar-refractivity contribution is 8.12. The van der Waals surface area contributed by atoms with Gasteiger partial charge in [0.25, 0.3) is 0 Å². The second-order valence-electron chi connectivity index (χ2n) is 6.11. The molecule has 4 N–H and O–H groups in total. The van der Waals surface area contributed by atoms with Gasteiger partial charge in [0.2, 0.25) is 5.91 Å². The number of hydrogen-bond donors (Lipinski definition) is 3. The SMILES string of the molecule is NC(=O)CCP(O)(=S)C(Cc1ccccc1)NC(=O)OCc1ccccc1. The van der Waals surface area contributed by atoms with Crippen molar-refractivity contribution < 1.29 is 19.2 Å². The van der Waals surface area contributed by atoms with E-state index in [1.165, 1.54) is 0 Å². The zero-order valence-electron chi connectivity index (χ0n) is 14.8. The van der Waals surface area contributed by atoms with E-state index in [0.717, 1.165) is 11.1 Å². The van der Waals surface area contributed by atoms with Crippen LogP contribution in [-0.4, -0.2) is 28.8 Å². The third kappa shape index (κ3) is 7.51. The Hall–Kier alpha value is -2.21. The van der Waals surface area contributed by atoms with Crippen LogP contribution >= 0.6 is 6.26 Å². The van der Waals surface area contributed by atoms with Crippen LogP contribution in [0.4, 0.5) is 4.79 Å². The van der Waals surface area contributed by atoms with Gasteiger partial charge in [-0.25, -0.2) is 4.79 Å². The average Bonchev–Trinajstić information content (AvgIpc) is 2.66. The first-order valence-corrected chi connectivity index (χ1v) is 11.5. The lowest BCUT2D eigenvalue weighted by Gasteiger charge is -2.27. The second-order valence-corrected chi connectivity index (χ2v) is 10.6. The molecule has 2 amide bonds. The van der Waals surface area contributed by atoms with E-state index in [4.69, 9.17) is 22.3 Å². The van der Waals surface area contributed by atoms with Crippen molar-refractivity contribution in [2.75, 3.05) is 6.16 Å². The van der Waals surface area contributed by atoms with Crippen LogP contribution in [0, 0.1) is 0 Å². The number of primary amides is 1. The Morgan fingerprint density at radius 3 is 2.19 bits per heavy atom. The molecule has 2 aromatic rings. The summed E-state index contributed by atoms with van der Waals surface area (Å²) in [6.07, 6.45) is -3.34. The Labute approximate surface area is 163 Å². The Kier molecular flexibility index (Phi) is 7.98. The van der Waals surface area contributed by atoms with Crippen molar-refractivity contribution in [2.24, 2.45) is 5.73 Å². The molecule has 8 heteroatoms. The number of carbonyl (C=O) groups is 2. The molecule has 0 heterocycles. The maximum absolute atomic E-state index is 12.2. The van der Waals surface area contributed by atoms with Crippen LogP contribution < -0.4 is 11.1 Å². The fourth-order valence-corrected chi connectivity index (χ4v) is 4.77. The molecule has 2 atom stereocenters. The summed E-state index contributed by atoms with van der Waals surface area (Å²) >= 11 is 5.37. The van der Waals surface area contributed by atoms with Gasteiger partial charge in [-0.3, -0.25) is 4.79 Å². The van der Waals surface area contributed by atoms with Crippen LogP contribution in [0.1, 0.15) is 17.5 Å². The van der Waals surface area contributed by atoms with E-state index in [1.807, 2.05) is 60.7 Å². The van der Waals surface area contributed by atoms with Gasteiger partial charge < -0.3 is 20.7 Å². The summed E-state index contributed by atoms with van der Waals surface area (Å²) < 4.78 is 5.24. The lowest BCUT2D eigenvalue weighted by molar-refractivity contribution is -0.117. The number of benzene rings is 2. The minimum Gasteiger partial charge on any atom is -0.445 e. The number of amides is 2. The molecule has 0 aromatic heterocycles. The van der Waals surface area contributed by atoms with Crippen LogP contribution in [0.15, 0.2) is 60.7 Å². The van der Waals surface area contributed by atoms with E-state index in [0.29, 0.717) is 6.42 Å². The van der Waals surface area contributed by atoms with Crippen molar-refractivity contribution in [3.63, 3.8) is 0 Å². The number of rotatable bonds is 9. The monoisotopic (exact) mass is 406 g/mol. The van der Waals surface area contributed by atoms with Gasteiger partial charge in [-0.15, -0.1) is 0 Å². The molecule has 2 aromatic carbocycles. The Balaban J connectivity index is 2.05. The van der Waals surface area contributed by atoms with Crippen molar-refractivity contribution in [3.05, 3.63) is 71.8 Å². The van der Waals surface area contributed by atoms with Gasteiger partial charge in [-0.05, 0) is 17.5 Å². The number of nitrogens with one attached hydrogen (secondary N) is 1. The molecule has 144 valence electrons. The average molecular weight is 406 g/mol. The molecular formula is C19H23N2O4PS. The van der Waals surface area contributed by atoms with Crippen molar-refractivity contribution >= 4 is 30.1 Å². The number of carbonyl (C=O) groups excluding carboxylic acids is 2. The zero-order valence-corrected chi connectivity index (χ0v) is 16.5. The fourth-order valence-electron chi connectivity index (χ4n) is 2.46. The second kappa shape index (κ2) is 10.2. The molecule has 2 rings (SSSR count). The van der Waals surface area contributed by atoms with E-state index in [2.05, 4.69) is 5.32 Å². The predicted molar refractivity (Wildman–Crippen MR) is 109 cm³/mol. The molecule has 6 nitrogen and oxygen atoms in total. The molecule has 0 radical (unpaired) electrons. The molecule has 0 saturated carbocycles. The van der Waals surface area contributed by atoms with Gasteiger partial charge in [0.05, 0.1) is 12.0 Å². The minimum absolute atomic E-state index is 0.0280. The highest BCUT2D eigenvalue weighted by atomic mass is 32.4. The molecule has 0 aliphatic rings. The number of nitrogens with two attached hydrogens (primary N) is 1. The molecule has 0 saturated heterocycles. The molecule has 0 fully saturated rings. The third-order valence-electron chi connectivity index (χ3n) is 3.93. The third-order valence-corrected chi connectivity index (χ3v) is 7.40. The summed E-state index contributed by atoms with van der Waals surface area (Å²) in [7, 11) is 0. The molecule has 0 aliphatic heterocycles. The summed E-state index contributed by atoms with van der Waals surface area (Å²) in [5.74, 6) is -1.25. The highest BCUT2D eigenvalue weighted by Crippen LogP contribution is 2.47. The molecular weight excluding hydrogens is 383 g/mol. The van der Waals surface area contributed by atoms with Crippen molar-refractivity contribution in [1.82, 2.24) is 5.32 Å². The van der Waals surface area contributed by atoms with Crippen molar-refractivity contribution in [2.45, 2.75) is 25.2 Å². The van der Waals surface area contributed by atoms with Gasteiger partial charge in [0.15, 0.2) is 0 Å². The van der Waals surface area contributed by atoms with Gasteiger partial charge in [0, 0.05) is 12.6 Å². The first kappa shape index (κ1) is 21.1. The quantitative estimate of drug-likeness (QED) is 0.556. The summed E-state index contributed by atoms with van der Waals surface area (Å²) in [6, 6.07) is 18.6. The van der Waals surface area contributed by atoms with E-state index < -0.39 is 24.0 Å². The lowest BCUT2D eigenvalue weighted by Crippen LogP contribution is -2.37. The summed E-state index contributed by atoms with van der Waals surface area (Å²) in [4.78, 5) is 34.1. The highest BCUT2D eigenvalue weighted by Gasteiger charge is 2.29. The van der Waals surface area contributed by atoms with Crippen LogP contribution in [-0.2, 0) is 34.4 Å². The summed E-state index contributed by atoms with van der Waals surface area (Å²) in [5, 5.41) is 2.68. The van der Waals surface area contributed by atoms with Crippen LogP contribution in [0.2, 0.25) is 0 Å². The number of alkyl carbamates (subject to hydrolysis) is 1. The first-order chi connectivity index (χ1) is 12.9. The van der Waals surface area contributed by atoms with E-state index in [-0.39, 0.29) is 19.2 Å². The van der Waals surface area contributed by atoms with Gasteiger partial charge in [-0.2, -0.15) is 0 Å². The standard InChI is InChI=1S/C19H23N2O4PS/c20-17(22)11-12-26(24,27)18(13-15-7-3-1-4-8-15)21-19(23)25-14-16-9-5-2-6-10-16/h1-10,18H,11-14H2,(H2,20,22)(H,21,23)(H,24,27). The topological polar surface area (TPSA) is 102 Å². The van der Waals surface area contributed by atoms with E-state index in [9.17, 15) is 14.5 Å². The Morgan fingerprint density at radius 1 is 1.07 bits per heavy atom. The predicted octanol–water partition coefficient (Wildman–Crippen LogP) is 2.74. The van der Waals surface area contributed by atoms with Gasteiger partial charge in [-0.1, -0.05) is 72.5 Å². The number of ether oxygens (including phenoxy) is 1. The first-order valence-electron chi connectivity index (χ1n) is 8.48. The van der Waals surface area contributed by atoms with E-state index in [1.54, 1.807) is 0 Å². The molecule has 0 spiro atoms. The Bertz CT molecular complexity index is 802.